The number of nitrogens with zero attached hydrogens (tertiary/aromatic N) is 3. The minimum Gasteiger partial charge on any atom is -0.355 e. The number of hydrogen-bond acceptors (Lipinski definition) is 5. The van der Waals surface area contributed by atoms with Crippen LogP contribution < -0.4 is 16.2 Å². The zero-order valence-corrected chi connectivity index (χ0v) is 10.9. The number of halogens is 1. The standard InChI is InChI=1S/C13H16FN5/c1-9-16-12(18-15)7-13(17-9)19(2)8-10-5-3-4-6-11(10)14/h3-7H,8,15H2,1-2H3,(H,16,17,18). The van der Waals surface area contributed by atoms with Gasteiger partial charge >= 0.3 is 0 Å². The largest absolute Gasteiger partial charge is 0.355 e. The Hall–Kier alpha value is -2.21. The molecule has 1 aromatic heterocycles. The molecule has 100 valence electrons. The van der Waals surface area contributed by atoms with Crippen molar-refractivity contribution in [2.75, 3.05) is 17.4 Å². The highest BCUT2D eigenvalue weighted by molar-refractivity contribution is 5.48. The number of hydrogen-bond donors (Lipinski definition) is 2. The van der Waals surface area contributed by atoms with E-state index in [9.17, 15) is 4.39 Å². The van der Waals surface area contributed by atoms with Gasteiger partial charge in [-0.05, 0) is 13.0 Å². The lowest BCUT2D eigenvalue weighted by atomic mass is 10.2. The Balaban J connectivity index is 2.22. The Morgan fingerprint density at radius 1 is 1.32 bits per heavy atom. The van der Waals surface area contributed by atoms with Gasteiger partial charge in [-0.15, -0.1) is 0 Å². The molecule has 0 fully saturated rings. The van der Waals surface area contributed by atoms with Crippen LogP contribution in [0, 0.1) is 12.7 Å². The molecule has 2 rings (SSSR count). The van der Waals surface area contributed by atoms with Crippen molar-refractivity contribution in [2.45, 2.75) is 13.5 Å². The van der Waals surface area contributed by atoms with Crippen LogP contribution in [0.25, 0.3) is 0 Å². The molecule has 5 nitrogen and oxygen atoms in total. The van der Waals surface area contributed by atoms with Crippen LogP contribution in [0.1, 0.15) is 11.4 Å². The van der Waals surface area contributed by atoms with E-state index >= 15 is 0 Å². The summed E-state index contributed by atoms with van der Waals surface area (Å²) in [6, 6.07) is 8.39. The molecule has 0 unspecified atom stereocenters. The SMILES string of the molecule is Cc1nc(NN)cc(N(C)Cc2ccccc2F)n1. The lowest BCUT2D eigenvalue weighted by Crippen LogP contribution is -2.20. The molecule has 0 aliphatic heterocycles. The highest BCUT2D eigenvalue weighted by Crippen LogP contribution is 2.17. The summed E-state index contributed by atoms with van der Waals surface area (Å²) in [6.07, 6.45) is 0. The fraction of sp³-hybridized carbons (Fsp3) is 0.231. The zero-order valence-electron chi connectivity index (χ0n) is 10.9. The Labute approximate surface area is 111 Å². The maximum atomic E-state index is 13.6. The van der Waals surface area contributed by atoms with Gasteiger partial charge in [0.05, 0.1) is 0 Å². The van der Waals surface area contributed by atoms with Crippen molar-refractivity contribution in [3.05, 3.63) is 47.5 Å². The van der Waals surface area contributed by atoms with Crippen LogP contribution in [0.3, 0.4) is 0 Å². The molecule has 0 saturated heterocycles. The fourth-order valence-electron chi connectivity index (χ4n) is 1.78. The second-order valence-electron chi connectivity index (χ2n) is 4.25. The van der Waals surface area contributed by atoms with Crippen molar-refractivity contribution in [1.29, 1.82) is 0 Å². The normalized spacial score (nSPS) is 10.3. The number of aryl methyl sites for hydroxylation is 1. The predicted molar refractivity (Wildman–Crippen MR) is 73.1 cm³/mol. The first-order chi connectivity index (χ1) is 9.10. The van der Waals surface area contributed by atoms with Gasteiger partial charge in [0.2, 0.25) is 0 Å². The van der Waals surface area contributed by atoms with Gasteiger partial charge in [0.1, 0.15) is 23.3 Å². The van der Waals surface area contributed by atoms with Gasteiger partial charge in [0.15, 0.2) is 0 Å². The van der Waals surface area contributed by atoms with Crippen LogP contribution in [0.5, 0.6) is 0 Å². The second kappa shape index (κ2) is 5.62. The molecule has 0 aliphatic rings. The van der Waals surface area contributed by atoms with E-state index in [4.69, 9.17) is 5.84 Å². The minimum absolute atomic E-state index is 0.225. The Morgan fingerprint density at radius 2 is 2.05 bits per heavy atom. The summed E-state index contributed by atoms with van der Waals surface area (Å²) in [5.74, 6) is 6.94. The van der Waals surface area contributed by atoms with Crippen molar-refractivity contribution in [1.82, 2.24) is 9.97 Å². The Kier molecular flexibility index (Phi) is 3.91. The predicted octanol–water partition coefficient (Wildman–Crippen LogP) is 1.85. The van der Waals surface area contributed by atoms with E-state index < -0.39 is 0 Å². The average Bonchev–Trinajstić information content (AvgIpc) is 2.40. The Morgan fingerprint density at radius 3 is 2.74 bits per heavy atom. The molecule has 19 heavy (non-hydrogen) atoms. The van der Waals surface area contributed by atoms with E-state index in [-0.39, 0.29) is 5.82 Å². The van der Waals surface area contributed by atoms with Gasteiger partial charge < -0.3 is 10.3 Å². The lowest BCUT2D eigenvalue weighted by Gasteiger charge is -2.19. The molecule has 0 amide bonds. The smallest absolute Gasteiger partial charge is 0.145 e. The topological polar surface area (TPSA) is 67.1 Å². The van der Waals surface area contributed by atoms with Crippen LogP contribution in [-0.4, -0.2) is 17.0 Å². The maximum absolute atomic E-state index is 13.6. The second-order valence-corrected chi connectivity index (χ2v) is 4.25. The number of anilines is 2. The third kappa shape index (κ3) is 3.17. The van der Waals surface area contributed by atoms with E-state index in [2.05, 4.69) is 15.4 Å². The lowest BCUT2D eigenvalue weighted by molar-refractivity contribution is 0.607. The first-order valence-electron chi connectivity index (χ1n) is 5.87. The molecule has 1 aromatic carbocycles. The maximum Gasteiger partial charge on any atom is 0.145 e. The van der Waals surface area contributed by atoms with Gasteiger partial charge in [-0.1, -0.05) is 18.2 Å². The highest BCUT2D eigenvalue weighted by Gasteiger charge is 2.09. The molecule has 0 atom stereocenters. The summed E-state index contributed by atoms with van der Waals surface area (Å²) >= 11 is 0. The van der Waals surface area contributed by atoms with Gasteiger partial charge in [-0.2, -0.15) is 0 Å². The van der Waals surface area contributed by atoms with Crippen LogP contribution in [-0.2, 0) is 6.54 Å². The molecule has 0 radical (unpaired) electrons. The number of nitrogens with two attached hydrogens (primary N) is 1. The number of nitrogens with one attached hydrogen (secondary N) is 1. The number of benzene rings is 1. The molecule has 0 aliphatic carbocycles. The van der Waals surface area contributed by atoms with E-state index in [0.717, 1.165) is 0 Å². The van der Waals surface area contributed by atoms with Crippen molar-refractivity contribution in [3.8, 4) is 0 Å². The summed E-state index contributed by atoms with van der Waals surface area (Å²) in [4.78, 5) is 10.3. The number of nitrogen functional groups attached to an aromatic ring is 1. The highest BCUT2D eigenvalue weighted by atomic mass is 19.1. The van der Waals surface area contributed by atoms with Crippen LogP contribution in [0.15, 0.2) is 30.3 Å². The first-order valence-corrected chi connectivity index (χ1v) is 5.87. The van der Waals surface area contributed by atoms with E-state index in [1.165, 1.54) is 6.07 Å². The van der Waals surface area contributed by atoms with Gasteiger partial charge in [0.25, 0.3) is 0 Å². The van der Waals surface area contributed by atoms with Crippen LogP contribution >= 0.6 is 0 Å². The molecular formula is C13H16FN5. The van der Waals surface area contributed by atoms with E-state index in [1.54, 1.807) is 25.1 Å². The number of aromatic nitrogens is 2. The zero-order chi connectivity index (χ0) is 13.8. The van der Waals surface area contributed by atoms with Crippen molar-refractivity contribution < 1.29 is 4.39 Å². The summed E-state index contributed by atoms with van der Waals surface area (Å²) in [6.45, 7) is 2.20. The molecule has 0 bridgehead atoms. The first kappa shape index (κ1) is 13.2. The average molecular weight is 261 g/mol. The summed E-state index contributed by atoms with van der Waals surface area (Å²) < 4.78 is 13.6. The van der Waals surface area contributed by atoms with Gasteiger partial charge in [-0.3, -0.25) is 0 Å². The summed E-state index contributed by atoms with van der Waals surface area (Å²) in [5.41, 5.74) is 3.10. The summed E-state index contributed by atoms with van der Waals surface area (Å²) in [7, 11) is 1.84. The van der Waals surface area contributed by atoms with Gasteiger partial charge in [0, 0.05) is 25.2 Å². The van der Waals surface area contributed by atoms with Gasteiger partial charge in [-0.25, -0.2) is 20.2 Å². The molecule has 1 heterocycles. The minimum atomic E-state index is -0.225. The number of hydrazine groups is 1. The quantitative estimate of drug-likeness (QED) is 0.649. The Bertz CT molecular complexity index is 573. The molecular weight excluding hydrogens is 245 g/mol. The molecule has 0 saturated carbocycles. The molecule has 0 spiro atoms. The molecule has 2 aromatic rings. The fourth-order valence-corrected chi connectivity index (χ4v) is 1.78. The monoisotopic (exact) mass is 261 g/mol. The summed E-state index contributed by atoms with van der Waals surface area (Å²) in [5, 5.41) is 0. The van der Waals surface area contributed by atoms with Crippen molar-refractivity contribution in [2.24, 2.45) is 5.84 Å². The van der Waals surface area contributed by atoms with E-state index in [1.807, 2.05) is 18.0 Å². The third-order valence-corrected chi connectivity index (χ3v) is 2.73. The van der Waals surface area contributed by atoms with Crippen LogP contribution in [0.4, 0.5) is 16.0 Å². The van der Waals surface area contributed by atoms with Crippen molar-refractivity contribution in [3.63, 3.8) is 0 Å². The third-order valence-electron chi connectivity index (χ3n) is 2.73. The van der Waals surface area contributed by atoms with E-state index in [0.29, 0.717) is 29.6 Å². The molecule has 3 N–H and O–H groups in total. The number of rotatable bonds is 4. The molecule has 6 heteroatoms. The van der Waals surface area contributed by atoms with Crippen LogP contribution in [0.2, 0.25) is 0 Å². The van der Waals surface area contributed by atoms with Crippen molar-refractivity contribution >= 4 is 11.6 Å².